The van der Waals surface area contributed by atoms with E-state index in [4.69, 9.17) is 32.7 Å². The summed E-state index contributed by atoms with van der Waals surface area (Å²) in [6, 6.07) is 5.11. The van der Waals surface area contributed by atoms with Gasteiger partial charge in [-0.05, 0) is 25.0 Å². The second kappa shape index (κ2) is 6.99. The van der Waals surface area contributed by atoms with E-state index < -0.39 is 17.9 Å². The summed E-state index contributed by atoms with van der Waals surface area (Å²) >= 11 is 12.4. The molecule has 0 radical (unpaired) electrons. The number of hydrogen-bond donors (Lipinski definition) is 0. The van der Waals surface area contributed by atoms with E-state index in [1.165, 1.54) is 6.33 Å². The standard InChI is InChI=1S/C16H17Cl2N3O3/c1-2-3-4-14-16(24-15(22)23-14,8-21-10-19-9-20-21)12-6-5-11(17)7-13(12)18/h5-7,9-10,14H,2-4,8H2,1H3. The van der Waals surface area contributed by atoms with Gasteiger partial charge in [0, 0.05) is 15.6 Å². The van der Waals surface area contributed by atoms with Gasteiger partial charge in [-0.3, -0.25) is 0 Å². The molecule has 2 aromatic rings. The van der Waals surface area contributed by atoms with Crippen LogP contribution in [0.15, 0.2) is 30.9 Å². The maximum atomic E-state index is 12.0. The third-order valence-electron chi connectivity index (χ3n) is 4.09. The van der Waals surface area contributed by atoms with Crippen LogP contribution in [0.2, 0.25) is 10.0 Å². The van der Waals surface area contributed by atoms with Crippen molar-refractivity contribution in [1.29, 1.82) is 0 Å². The number of nitrogens with zero attached hydrogens (tertiary/aromatic N) is 3. The highest BCUT2D eigenvalue weighted by atomic mass is 35.5. The molecular formula is C16H17Cl2N3O3. The van der Waals surface area contributed by atoms with Crippen LogP contribution in [0.25, 0.3) is 0 Å². The van der Waals surface area contributed by atoms with Gasteiger partial charge >= 0.3 is 6.16 Å². The Morgan fingerprint density at radius 3 is 2.88 bits per heavy atom. The largest absolute Gasteiger partial charge is 0.509 e. The lowest BCUT2D eigenvalue weighted by Crippen LogP contribution is -2.41. The summed E-state index contributed by atoms with van der Waals surface area (Å²) in [4.78, 5) is 15.9. The van der Waals surface area contributed by atoms with Gasteiger partial charge in [0.1, 0.15) is 12.7 Å². The van der Waals surface area contributed by atoms with Gasteiger partial charge in [-0.1, -0.05) is 42.6 Å². The van der Waals surface area contributed by atoms with Gasteiger partial charge in [0.25, 0.3) is 0 Å². The summed E-state index contributed by atoms with van der Waals surface area (Å²) in [7, 11) is 0. The number of unbranched alkanes of at least 4 members (excludes halogenated alkanes) is 1. The Hall–Kier alpha value is -1.79. The average Bonchev–Trinajstić information content (AvgIpc) is 3.13. The lowest BCUT2D eigenvalue weighted by molar-refractivity contribution is 0.000868. The van der Waals surface area contributed by atoms with Crippen molar-refractivity contribution in [3.63, 3.8) is 0 Å². The first kappa shape index (κ1) is 17.0. The molecule has 1 aromatic carbocycles. The Morgan fingerprint density at radius 2 is 2.21 bits per heavy atom. The predicted octanol–water partition coefficient (Wildman–Crippen LogP) is 4.21. The van der Waals surface area contributed by atoms with Crippen molar-refractivity contribution in [2.45, 2.75) is 44.4 Å². The highest BCUT2D eigenvalue weighted by Crippen LogP contribution is 2.44. The zero-order valence-electron chi connectivity index (χ0n) is 13.1. The minimum atomic E-state index is -1.07. The number of cyclic esters (lactones) is 2. The molecule has 24 heavy (non-hydrogen) atoms. The van der Waals surface area contributed by atoms with Crippen LogP contribution in [-0.2, 0) is 21.6 Å². The summed E-state index contributed by atoms with van der Waals surface area (Å²) in [5.74, 6) is 0. The number of carbonyl (C=O) groups excluding carboxylic acids is 1. The van der Waals surface area contributed by atoms with Crippen LogP contribution in [-0.4, -0.2) is 27.0 Å². The molecule has 2 atom stereocenters. The van der Waals surface area contributed by atoms with E-state index >= 15 is 0 Å². The fourth-order valence-corrected chi connectivity index (χ4v) is 3.54. The van der Waals surface area contributed by atoms with Crippen LogP contribution in [0.1, 0.15) is 31.7 Å². The number of ether oxygens (including phenoxy) is 2. The smallest absolute Gasteiger partial charge is 0.426 e. The molecule has 128 valence electrons. The lowest BCUT2D eigenvalue weighted by atomic mass is 9.85. The highest BCUT2D eigenvalue weighted by Gasteiger charge is 2.54. The van der Waals surface area contributed by atoms with Gasteiger partial charge in [0.15, 0.2) is 11.7 Å². The molecule has 0 spiro atoms. The fourth-order valence-electron chi connectivity index (χ4n) is 2.97. The number of halogens is 2. The molecule has 6 nitrogen and oxygen atoms in total. The molecule has 1 aromatic heterocycles. The first-order valence-corrected chi connectivity index (χ1v) is 8.48. The summed E-state index contributed by atoms with van der Waals surface area (Å²) < 4.78 is 12.7. The molecule has 0 bridgehead atoms. The van der Waals surface area contributed by atoms with Crippen molar-refractivity contribution in [3.05, 3.63) is 46.5 Å². The molecule has 3 rings (SSSR count). The van der Waals surface area contributed by atoms with E-state index in [1.54, 1.807) is 29.2 Å². The van der Waals surface area contributed by atoms with Crippen molar-refractivity contribution in [2.24, 2.45) is 0 Å². The van der Waals surface area contributed by atoms with Crippen molar-refractivity contribution < 1.29 is 14.3 Å². The van der Waals surface area contributed by atoms with Crippen LogP contribution in [0, 0.1) is 0 Å². The third-order valence-corrected chi connectivity index (χ3v) is 4.64. The fraction of sp³-hybridized carbons (Fsp3) is 0.438. The molecule has 0 saturated carbocycles. The van der Waals surface area contributed by atoms with E-state index in [-0.39, 0.29) is 6.54 Å². The van der Waals surface area contributed by atoms with E-state index in [0.717, 1.165) is 12.8 Å². The Balaban J connectivity index is 2.07. The topological polar surface area (TPSA) is 66.2 Å². The van der Waals surface area contributed by atoms with Crippen LogP contribution >= 0.6 is 23.2 Å². The molecular weight excluding hydrogens is 353 g/mol. The van der Waals surface area contributed by atoms with E-state index in [2.05, 4.69) is 17.0 Å². The van der Waals surface area contributed by atoms with Crippen LogP contribution < -0.4 is 0 Å². The number of carbonyl (C=O) groups is 1. The van der Waals surface area contributed by atoms with E-state index in [1.807, 2.05) is 0 Å². The van der Waals surface area contributed by atoms with Crippen LogP contribution in [0.3, 0.4) is 0 Å². The maximum Gasteiger partial charge on any atom is 0.509 e. The van der Waals surface area contributed by atoms with Crippen molar-refractivity contribution in [2.75, 3.05) is 0 Å². The van der Waals surface area contributed by atoms with E-state index in [0.29, 0.717) is 22.0 Å². The van der Waals surface area contributed by atoms with Crippen molar-refractivity contribution in [1.82, 2.24) is 14.8 Å². The molecule has 1 fully saturated rings. The van der Waals surface area contributed by atoms with Gasteiger partial charge in [-0.15, -0.1) is 0 Å². The van der Waals surface area contributed by atoms with Crippen molar-refractivity contribution >= 4 is 29.4 Å². The normalized spacial score (nSPS) is 23.1. The SMILES string of the molecule is CCCCC1OC(=O)OC1(Cn1cncn1)c1ccc(Cl)cc1Cl. The Bertz CT molecular complexity index is 723. The molecule has 1 aliphatic heterocycles. The van der Waals surface area contributed by atoms with Gasteiger partial charge in [-0.2, -0.15) is 5.10 Å². The second-order valence-corrected chi connectivity index (χ2v) is 6.55. The Kier molecular flexibility index (Phi) is 4.96. The number of hydrogen-bond acceptors (Lipinski definition) is 5. The van der Waals surface area contributed by atoms with Gasteiger partial charge < -0.3 is 9.47 Å². The zero-order valence-corrected chi connectivity index (χ0v) is 14.6. The quantitative estimate of drug-likeness (QED) is 0.713. The predicted molar refractivity (Wildman–Crippen MR) is 89.0 cm³/mol. The summed E-state index contributed by atoms with van der Waals surface area (Å²) in [6.45, 7) is 2.33. The number of benzene rings is 1. The molecule has 0 N–H and O–H groups in total. The van der Waals surface area contributed by atoms with Gasteiger partial charge in [0.05, 0.1) is 6.54 Å². The van der Waals surface area contributed by atoms with Crippen molar-refractivity contribution in [3.8, 4) is 0 Å². The van der Waals surface area contributed by atoms with Crippen LogP contribution in [0.5, 0.6) is 0 Å². The number of aromatic nitrogens is 3. The first-order valence-electron chi connectivity index (χ1n) is 7.72. The third kappa shape index (κ3) is 3.21. The minimum Gasteiger partial charge on any atom is -0.426 e. The van der Waals surface area contributed by atoms with E-state index in [9.17, 15) is 4.79 Å². The molecule has 2 unspecified atom stereocenters. The highest BCUT2D eigenvalue weighted by molar-refractivity contribution is 6.35. The minimum absolute atomic E-state index is 0.258. The maximum absolute atomic E-state index is 12.0. The second-order valence-electron chi connectivity index (χ2n) is 5.71. The monoisotopic (exact) mass is 369 g/mol. The molecule has 0 aliphatic carbocycles. The van der Waals surface area contributed by atoms with Gasteiger partial charge in [0.2, 0.25) is 0 Å². The summed E-state index contributed by atoms with van der Waals surface area (Å²) in [5, 5.41) is 5.05. The molecule has 1 aliphatic rings. The lowest BCUT2D eigenvalue weighted by Gasteiger charge is -2.32. The molecule has 2 heterocycles. The first-order chi connectivity index (χ1) is 11.5. The zero-order chi connectivity index (χ0) is 17.2. The molecule has 0 amide bonds. The Morgan fingerprint density at radius 1 is 1.38 bits per heavy atom. The number of rotatable bonds is 6. The Labute approximate surface area is 149 Å². The summed E-state index contributed by atoms with van der Waals surface area (Å²) in [5.41, 5.74) is -0.419. The average molecular weight is 370 g/mol. The molecule has 8 heteroatoms. The summed E-state index contributed by atoms with van der Waals surface area (Å²) in [6.07, 6.45) is 4.35. The van der Waals surface area contributed by atoms with Gasteiger partial charge in [-0.25, -0.2) is 14.5 Å². The van der Waals surface area contributed by atoms with Crippen LogP contribution in [0.4, 0.5) is 4.79 Å². The molecule has 1 saturated heterocycles.